The van der Waals surface area contributed by atoms with Gasteiger partial charge in [-0.05, 0) is 48.5 Å². The van der Waals surface area contributed by atoms with Gasteiger partial charge in [0.05, 0.1) is 22.8 Å². The third-order valence-corrected chi connectivity index (χ3v) is 6.07. The number of hydrogen-bond acceptors (Lipinski definition) is 12. The van der Waals surface area contributed by atoms with Crippen molar-refractivity contribution in [2.75, 3.05) is 0 Å². The van der Waals surface area contributed by atoms with E-state index in [1.54, 1.807) is 12.1 Å². The van der Waals surface area contributed by atoms with Gasteiger partial charge in [-0.15, -0.1) is 0 Å². The zero-order chi connectivity index (χ0) is 31.1. The van der Waals surface area contributed by atoms with E-state index in [2.05, 4.69) is 29.9 Å². The molecule has 7 rings (SSSR count). The summed E-state index contributed by atoms with van der Waals surface area (Å²) in [5.74, 6) is 0.828. The van der Waals surface area contributed by atoms with Crippen molar-refractivity contribution in [3.8, 4) is 57.3 Å². The molecule has 0 radical (unpaired) electrons. The van der Waals surface area contributed by atoms with Crippen LogP contribution in [0.2, 0.25) is 0 Å². The molecule has 6 aromatic heterocycles. The highest BCUT2D eigenvalue weighted by Crippen LogP contribution is 2.31. The second-order valence-electron chi connectivity index (χ2n) is 9.12. The van der Waals surface area contributed by atoms with Crippen LogP contribution in [0.3, 0.4) is 0 Å². The normalized spacial score (nSPS) is 10.4. The summed E-state index contributed by atoms with van der Waals surface area (Å²) in [7, 11) is 0. The topological polar surface area (TPSA) is 199 Å². The van der Waals surface area contributed by atoms with Gasteiger partial charge in [0.2, 0.25) is 0 Å². The molecular formula is C32H24N6O6. The van der Waals surface area contributed by atoms with Crippen LogP contribution in [0.1, 0.15) is 0 Å². The Morgan fingerprint density at radius 2 is 0.591 bits per heavy atom. The van der Waals surface area contributed by atoms with Gasteiger partial charge in [-0.1, -0.05) is 0 Å². The van der Waals surface area contributed by atoms with Crippen molar-refractivity contribution in [1.82, 2.24) is 29.9 Å². The Morgan fingerprint density at radius 3 is 0.864 bits per heavy atom. The van der Waals surface area contributed by atoms with E-state index in [0.717, 1.165) is 0 Å². The van der Waals surface area contributed by atoms with Crippen molar-refractivity contribution in [1.29, 1.82) is 0 Å². The third-order valence-electron chi connectivity index (χ3n) is 6.07. The van der Waals surface area contributed by atoms with Crippen molar-refractivity contribution in [2.24, 2.45) is 0 Å². The molecule has 0 aliphatic heterocycles. The lowest BCUT2D eigenvalue weighted by atomic mass is 10.1. The van der Waals surface area contributed by atoms with Crippen molar-refractivity contribution in [3.05, 3.63) is 110 Å². The fraction of sp³-hybridized carbons (Fsp3) is 0. The first-order valence-electron chi connectivity index (χ1n) is 12.9. The van der Waals surface area contributed by atoms with E-state index in [1.165, 1.54) is 97.8 Å². The molecular weight excluding hydrogens is 564 g/mol. The largest absolute Gasteiger partial charge is 0.508 e. The minimum atomic E-state index is 0.125. The highest BCUT2D eigenvalue weighted by atomic mass is 16.3. The number of benzene rings is 1. The van der Waals surface area contributed by atoms with Gasteiger partial charge in [0.15, 0.2) is 0 Å². The van der Waals surface area contributed by atoms with E-state index in [9.17, 15) is 30.6 Å². The number of pyridine rings is 6. The second kappa shape index (κ2) is 13.0. The number of aromatic nitrogens is 6. The van der Waals surface area contributed by atoms with Crippen LogP contribution in [0.5, 0.6) is 34.5 Å². The molecule has 12 heteroatoms. The monoisotopic (exact) mass is 588 g/mol. The van der Waals surface area contributed by atoms with E-state index >= 15 is 0 Å². The van der Waals surface area contributed by atoms with E-state index < -0.39 is 0 Å². The molecule has 218 valence electrons. The predicted octanol–water partition coefficient (Wildman–Crippen LogP) is 5.30. The zero-order valence-corrected chi connectivity index (χ0v) is 22.8. The third kappa shape index (κ3) is 6.83. The molecule has 6 heterocycles. The standard InChI is InChI=1S/C12H8N2O2.2C10H8N2O2/c15-9-3-5-13-11-7(9)1-2-8-10(16)4-6-14-12(8)11;2*13-7-1-3-11-9(5-7)10-6-8(14)2-4-12-10/h1-6H,(H,13,15)(H,14,16);2*1-6H,(H,11,13)(H,12,14). The molecule has 0 aliphatic rings. The van der Waals surface area contributed by atoms with Crippen molar-refractivity contribution in [3.63, 3.8) is 0 Å². The number of rotatable bonds is 2. The van der Waals surface area contributed by atoms with Gasteiger partial charge in [0, 0.05) is 72.2 Å². The molecule has 0 fully saturated rings. The van der Waals surface area contributed by atoms with Gasteiger partial charge in [-0.3, -0.25) is 29.9 Å². The maximum absolute atomic E-state index is 9.67. The van der Waals surface area contributed by atoms with Crippen LogP contribution in [0, 0.1) is 0 Å². The Balaban J connectivity index is 0.000000131. The lowest BCUT2D eigenvalue weighted by molar-refractivity contribution is 0.473. The summed E-state index contributed by atoms with van der Waals surface area (Å²) in [6.45, 7) is 0. The van der Waals surface area contributed by atoms with E-state index in [1.807, 2.05) is 0 Å². The maximum Gasteiger partial charge on any atom is 0.126 e. The summed E-state index contributed by atoms with van der Waals surface area (Å²) in [6, 6.07) is 18.4. The molecule has 0 aliphatic carbocycles. The van der Waals surface area contributed by atoms with Crippen LogP contribution in [0.4, 0.5) is 0 Å². The molecule has 0 saturated heterocycles. The lowest BCUT2D eigenvalue weighted by Crippen LogP contribution is -1.85. The minimum Gasteiger partial charge on any atom is -0.508 e. The van der Waals surface area contributed by atoms with Crippen molar-refractivity contribution < 1.29 is 30.6 Å². The Hall–Kier alpha value is -6.56. The van der Waals surface area contributed by atoms with Gasteiger partial charge in [0.25, 0.3) is 0 Å². The molecule has 12 nitrogen and oxygen atoms in total. The van der Waals surface area contributed by atoms with Crippen LogP contribution >= 0.6 is 0 Å². The molecule has 0 bridgehead atoms. The first-order chi connectivity index (χ1) is 21.3. The highest BCUT2D eigenvalue weighted by molar-refractivity contribution is 6.06. The van der Waals surface area contributed by atoms with Crippen LogP contribution < -0.4 is 0 Å². The van der Waals surface area contributed by atoms with E-state index in [4.69, 9.17) is 0 Å². The molecule has 7 aromatic rings. The molecule has 0 amide bonds. The fourth-order valence-electron chi connectivity index (χ4n) is 4.04. The summed E-state index contributed by atoms with van der Waals surface area (Å²) < 4.78 is 0. The first-order valence-corrected chi connectivity index (χ1v) is 12.9. The Bertz CT molecular complexity index is 1840. The Kier molecular flexibility index (Phi) is 8.52. The summed E-state index contributed by atoms with van der Waals surface area (Å²) in [4.78, 5) is 24.4. The van der Waals surface area contributed by atoms with Crippen molar-refractivity contribution >= 4 is 21.8 Å². The van der Waals surface area contributed by atoms with Crippen LogP contribution in [0.15, 0.2) is 110 Å². The van der Waals surface area contributed by atoms with Gasteiger partial charge >= 0.3 is 0 Å². The van der Waals surface area contributed by atoms with Gasteiger partial charge in [-0.25, -0.2) is 0 Å². The molecule has 1 aromatic carbocycles. The minimum absolute atomic E-state index is 0.125. The molecule has 0 spiro atoms. The maximum atomic E-state index is 9.67. The number of fused-ring (bicyclic) bond motifs is 3. The number of aromatic hydroxyl groups is 6. The van der Waals surface area contributed by atoms with Gasteiger partial charge < -0.3 is 30.6 Å². The van der Waals surface area contributed by atoms with E-state index in [0.29, 0.717) is 44.6 Å². The van der Waals surface area contributed by atoms with Crippen LogP contribution in [0.25, 0.3) is 44.6 Å². The molecule has 0 saturated carbocycles. The Labute approximate surface area is 249 Å². The predicted molar refractivity (Wildman–Crippen MR) is 162 cm³/mol. The quantitative estimate of drug-likeness (QED) is 0.143. The van der Waals surface area contributed by atoms with Crippen LogP contribution in [-0.2, 0) is 0 Å². The molecule has 44 heavy (non-hydrogen) atoms. The Morgan fingerprint density at radius 1 is 0.318 bits per heavy atom. The summed E-state index contributed by atoms with van der Waals surface area (Å²) in [5.41, 5.74) is 3.30. The zero-order valence-electron chi connectivity index (χ0n) is 22.8. The highest BCUT2D eigenvalue weighted by Gasteiger charge is 2.08. The molecule has 0 unspecified atom stereocenters. The SMILES string of the molecule is Oc1ccnc(-c2cc(O)ccn2)c1.Oc1ccnc(-c2cc(O)ccn2)c1.Oc1ccnc2c1ccc1c(O)ccnc12. The van der Waals surface area contributed by atoms with Crippen LogP contribution in [-0.4, -0.2) is 60.5 Å². The average Bonchev–Trinajstić information content (AvgIpc) is 3.02. The fourth-order valence-corrected chi connectivity index (χ4v) is 4.04. The summed E-state index contributed by atoms with van der Waals surface area (Å²) in [5, 5.41) is 57.5. The smallest absolute Gasteiger partial charge is 0.126 e. The number of nitrogens with zero attached hydrogens (tertiary/aromatic N) is 6. The lowest BCUT2D eigenvalue weighted by Gasteiger charge is -2.04. The number of hydrogen-bond donors (Lipinski definition) is 6. The van der Waals surface area contributed by atoms with Gasteiger partial charge in [0.1, 0.15) is 45.5 Å². The molecule has 6 N–H and O–H groups in total. The first kappa shape index (κ1) is 29.0. The second-order valence-corrected chi connectivity index (χ2v) is 9.12. The molecule has 0 atom stereocenters. The average molecular weight is 589 g/mol. The van der Waals surface area contributed by atoms with Crippen molar-refractivity contribution in [2.45, 2.75) is 0 Å². The van der Waals surface area contributed by atoms with E-state index in [-0.39, 0.29) is 34.5 Å². The van der Waals surface area contributed by atoms with Gasteiger partial charge in [-0.2, -0.15) is 0 Å². The summed E-state index contributed by atoms with van der Waals surface area (Å²) in [6.07, 6.45) is 8.96. The summed E-state index contributed by atoms with van der Waals surface area (Å²) >= 11 is 0.